The number of aliphatic hydroxyl groups is 1. The second kappa shape index (κ2) is 8.10. The molecule has 0 heterocycles. The number of hydrogen-bond donors (Lipinski definition) is 2. The maximum Gasteiger partial charge on any atom is 0.403 e. The lowest BCUT2D eigenvalue weighted by atomic mass is 9.72. The second-order valence-corrected chi connectivity index (χ2v) is 7.49. The Kier molecular flexibility index (Phi) is 5.97. The van der Waals surface area contributed by atoms with E-state index in [0.29, 0.717) is 5.75 Å². The molecule has 0 amide bonds. The van der Waals surface area contributed by atoms with E-state index < -0.39 is 24.1 Å². The summed E-state index contributed by atoms with van der Waals surface area (Å²) in [6, 6.07) is 6.99. The van der Waals surface area contributed by atoms with Gasteiger partial charge in [0, 0.05) is 29.6 Å². The lowest BCUT2D eigenvalue weighted by Crippen LogP contribution is -2.52. The first kappa shape index (κ1) is 20.6. The Balaban J connectivity index is 1.88. The van der Waals surface area contributed by atoms with Crippen LogP contribution in [-0.2, 0) is 6.54 Å². The topological polar surface area (TPSA) is 41.5 Å². The molecule has 3 rings (SSSR count). The maximum atomic E-state index is 14.2. The van der Waals surface area contributed by atoms with E-state index in [1.807, 2.05) is 0 Å². The molecule has 2 aliphatic carbocycles. The van der Waals surface area contributed by atoms with E-state index in [2.05, 4.69) is 17.2 Å². The van der Waals surface area contributed by atoms with Crippen LogP contribution in [0.15, 0.2) is 47.1 Å². The maximum absolute atomic E-state index is 14.2. The number of allylic oxidation sites excluding steroid dienone is 3. The molecule has 0 bridgehead atoms. The number of nitrogens with one attached hydrogen (secondary N) is 1. The van der Waals surface area contributed by atoms with E-state index in [1.165, 1.54) is 19.3 Å². The first-order chi connectivity index (χ1) is 13.3. The third-order valence-electron chi connectivity index (χ3n) is 4.98. The fourth-order valence-corrected chi connectivity index (χ4v) is 3.37. The zero-order valence-corrected chi connectivity index (χ0v) is 16.1. The van der Waals surface area contributed by atoms with E-state index in [0.717, 1.165) is 18.4 Å². The van der Waals surface area contributed by atoms with Gasteiger partial charge in [0.25, 0.3) is 0 Å². The van der Waals surface area contributed by atoms with E-state index in [4.69, 9.17) is 16.3 Å². The van der Waals surface area contributed by atoms with Crippen LogP contribution >= 0.6 is 11.6 Å². The van der Waals surface area contributed by atoms with Crippen molar-refractivity contribution in [1.29, 1.82) is 0 Å². The Morgan fingerprint density at radius 1 is 1.29 bits per heavy atom. The highest BCUT2D eigenvalue weighted by Gasteiger charge is 2.62. The standard InChI is InChI=1S/C21H21ClF3NO2/c1-28-17-8-4-15(5-9-17)13-26-18-10-7-16(22)12-20(18,21(23,24)25)19(27)11-6-14-2-3-14/h4-5,7-10,14,19,26-27H,2-3,12-13H2,1H3. The Morgan fingerprint density at radius 2 is 1.96 bits per heavy atom. The number of methoxy groups -OCH3 is 1. The van der Waals surface area contributed by atoms with Gasteiger partial charge >= 0.3 is 6.18 Å². The Hall–Kier alpha value is -2.10. The molecular formula is C21H21ClF3NO2. The lowest BCUT2D eigenvalue weighted by molar-refractivity contribution is -0.232. The molecule has 0 radical (unpaired) electrons. The minimum Gasteiger partial charge on any atom is -0.497 e. The van der Waals surface area contributed by atoms with Gasteiger partial charge in [0.05, 0.1) is 7.11 Å². The third-order valence-corrected chi connectivity index (χ3v) is 5.23. The molecule has 2 aliphatic rings. The third kappa shape index (κ3) is 4.31. The van der Waals surface area contributed by atoms with Crippen molar-refractivity contribution in [3.8, 4) is 17.6 Å². The molecule has 1 fully saturated rings. The first-order valence-corrected chi connectivity index (χ1v) is 9.33. The van der Waals surface area contributed by atoms with Crippen LogP contribution in [0.5, 0.6) is 5.75 Å². The van der Waals surface area contributed by atoms with E-state index in [9.17, 15) is 18.3 Å². The summed E-state index contributed by atoms with van der Waals surface area (Å²) in [6.07, 6.45) is -2.79. The molecule has 1 aromatic carbocycles. The van der Waals surface area contributed by atoms with Crippen LogP contribution in [0.25, 0.3) is 0 Å². The smallest absolute Gasteiger partial charge is 0.403 e. The quantitative estimate of drug-likeness (QED) is 0.700. The summed E-state index contributed by atoms with van der Waals surface area (Å²) in [5.41, 5.74) is -1.96. The van der Waals surface area contributed by atoms with Crippen LogP contribution in [0.1, 0.15) is 24.8 Å². The molecule has 3 nitrogen and oxygen atoms in total. The summed E-state index contributed by atoms with van der Waals surface area (Å²) in [6.45, 7) is 0.155. The monoisotopic (exact) mass is 411 g/mol. The van der Waals surface area contributed by atoms with Gasteiger partial charge in [-0.1, -0.05) is 35.6 Å². The highest BCUT2D eigenvalue weighted by atomic mass is 35.5. The number of hydrogen-bond acceptors (Lipinski definition) is 3. The fraction of sp³-hybridized carbons (Fsp3) is 0.429. The zero-order chi connectivity index (χ0) is 20.4. The van der Waals surface area contributed by atoms with Gasteiger partial charge in [0.1, 0.15) is 17.3 Å². The van der Waals surface area contributed by atoms with Gasteiger partial charge in [0.15, 0.2) is 0 Å². The van der Waals surface area contributed by atoms with Crippen molar-refractivity contribution in [1.82, 2.24) is 5.32 Å². The van der Waals surface area contributed by atoms with Gasteiger partial charge in [-0.3, -0.25) is 0 Å². The molecule has 150 valence electrons. The zero-order valence-electron chi connectivity index (χ0n) is 15.3. The summed E-state index contributed by atoms with van der Waals surface area (Å²) >= 11 is 5.96. The molecule has 28 heavy (non-hydrogen) atoms. The van der Waals surface area contributed by atoms with Crippen LogP contribution in [0.3, 0.4) is 0 Å². The first-order valence-electron chi connectivity index (χ1n) is 8.96. The van der Waals surface area contributed by atoms with Gasteiger partial charge in [-0.25, -0.2) is 0 Å². The molecule has 1 aromatic rings. The van der Waals surface area contributed by atoms with Crippen molar-refractivity contribution in [3.63, 3.8) is 0 Å². The molecular weight excluding hydrogens is 391 g/mol. The van der Waals surface area contributed by atoms with Gasteiger partial charge in [0.2, 0.25) is 0 Å². The van der Waals surface area contributed by atoms with Gasteiger partial charge < -0.3 is 15.2 Å². The molecule has 0 aliphatic heterocycles. The summed E-state index contributed by atoms with van der Waals surface area (Å²) in [7, 11) is 1.54. The molecule has 0 spiro atoms. The number of benzene rings is 1. The minimum absolute atomic E-state index is 0.0274. The average molecular weight is 412 g/mol. The predicted molar refractivity (Wildman–Crippen MR) is 101 cm³/mol. The molecule has 2 atom stereocenters. The normalized spacial score (nSPS) is 23.1. The van der Waals surface area contributed by atoms with Crippen LogP contribution in [0.2, 0.25) is 0 Å². The number of aliphatic hydroxyl groups excluding tert-OH is 1. The van der Waals surface area contributed by atoms with Crippen molar-refractivity contribution < 1.29 is 23.0 Å². The number of halogens is 4. The van der Waals surface area contributed by atoms with Crippen molar-refractivity contribution in [2.45, 2.75) is 38.1 Å². The largest absolute Gasteiger partial charge is 0.497 e. The van der Waals surface area contributed by atoms with E-state index in [-0.39, 0.29) is 23.2 Å². The lowest BCUT2D eigenvalue weighted by Gasteiger charge is -2.41. The van der Waals surface area contributed by atoms with Gasteiger partial charge in [-0.05, 0) is 42.7 Å². The minimum atomic E-state index is -4.74. The average Bonchev–Trinajstić information content (AvgIpc) is 3.49. The van der Waals surface area contributed by atoms with Crippen LogP contribution in [0, 0.1) is 23.2 Å². The molecule has 2 unspecified atom stereocenters. The molecule has 1 saturated carbocycles. The summed E-state index contributed by atoms with van der Waals surface area (Å²) in [4.78, 5) is 0. The fourth-order valence-electron chi connectivity index (χ4n) is 3.10. The molecule has 7 heteroatoms. The Bertz CT molecular complexity index is 832. The number of rotatable bonds is 5. The molecule has 0 saturated heterocycles. The van der Waals surface area contributed by atoms with Crippen molar-refractivity contribution in [2.24, 2.45) is 11.3 Å². The molecule has 0 aromatic heterocycles. The Morgan fingerprint density at radius 3 is 2.54 bits per heavy atom. The van der Waals surface area contributed by atoms with Crippen LogP contribution < -0.4 is 10.1 Å². The number of ether oxygens (including phenoxy) is 1. The van der Waals surface area contributed by atoms with E-state index >= 15 is 0 Å². The SMILES string of the molecule is COc1ccc(CNC2=CC=C(Cl)CC2(C(O)C#CC2CC2)C(F)(F)F)cc1. The highest BCUT2D eigenvalue weighted by Crippen LogP contribution is 2.52. The number of alkyl halides is 3. The summed E-state index contributed by atoms with van der Waals surface area (Å²) in [5, 5.41) is 13.4. The van der Waals surface area contributed by atoms with Gasteiger partial charge in [-0.2, -0.15) is 13.2 Å². The molecule has 2 N–H and O–H groups in total. The summed E-state index contributed by atoms with van der Waals surface area (Å²) in [5.74, 6) is 5.90. The highest BCUT2D eigenvalue weighted by molar-refractivity contribution is 6.29. The van der Waals surface area contributed by atoms with Crippen LogP contribution in [-0.4, -0.2) is 24.5 Å². The Labute approximate surface area is 167 Å². The van der Waals surface area contributed by atoms with Gasteiger partial charge in [-0.15, -0.1) is 0 Å². The predicted octanol–water partition coefficient (Wildman–Crippen LogP) is 4.52. The van der Waals surface area contributed by atoms with Crippen molar-refractivity contribution in [2.75, 3.05) is 7.11 Å². The van der Waals surface area contributed by atoms with Crippen molar-refractivity contribution in [3.05, 3.63) is 52.7 Å². The second-order valence-electron chi connectivity index (χ2n) is 7.01. The van der Waals surface area contributed by atoms with Crippen molar-refractivity contribution >= 4 is 11.6 Å². The van der Waals surface area contributed by atoms with E-state index in [1.54, 1.807) is 24.3 Å². The summed E-state index contributed by atoms with van der Waals surface area (Å²) < 4.78 is 47.8. The van der Waals surface area contributed by atoms with Crippen LogP contribution in [0.4, 0.5) is 13.2 Å².